The van der Waals surface area contributed by atoms with Crippen LogP contribution >= 0.6 is 0 Å². The molecule has 0 aliphatic carbocycles. The molecule has 0 spiro atoms. The molecule has 102 valence electrons. The molecule has 19 heavy (non-hydrogen) atoms. The van der Waals surface area contributed by atoms with Gasteiger partial charge in [-0.05, 0) is 32.9 Å². The Bertz CT molecular complexity index is 558. The first kappa shape index (κ1) is 13.7. The summed E-state index contributed by atoms with van der Waals surface area (Å²) in [5.74, 6) is -0.268. The number of nitrogens with two attached hydrogens (primary N) is 1. The number of hydrogen-bond donors (Lipinski definition) is 1. The molecule has 3 nitrogen and oxygen atoms in total. The van der Waals surface area contributed by atoms with Crippen LogP contribution in [0.25, 0.3) is 0 Å². The monoisotopic (exact) mass is 261 g/mol. The predicted molar refractivity (Wildman–Crippen MR) is 74.3 cm³/mol. The van der Waals surface area contributed by atoms with Gasteiger partial charge in [0, 0.05) is 29.8 Å². The zero-order chi connectivity index (χ0) is 14.0. The van der Waals surface area contributed by atoms with Crippen molar-refractivity contribution in [3.63, 3.8) is 0 Å². The summed E-state index contributed by atoms with van der Waals surface area (Å²) >= 11 is 0. The van der Waals surface area contributed by atoms with E-state index in [9.17, 15) is 4.39 Å². The van der Waals surface area contributed by atoms with Crippen molar-refractivity contribution < 1.29 is 4.39 Å². The van der Waals surface area contributed by atoms with Crippen LogP contribution in [0.4, 0.5) is 4.39 Å². The number of hydrogen-bond acceptors (Lipinski definition) is 2. The molecule has 4 heteroatoms. The van der Waals surface area contributed by atoms with E-state index in [4.69, 9.17) is 5.73 Å². The van der Waals surface area contributed by atoms with Crippen LogP contribution in [0.2, 0.25) is 0 Å². The van der Waals surface area contributed by atoms with E-state index in [1.165, 1.54) is 6.07 Å². The summed E-state index contributed by atoms with van der Waals surface area (Å²) in [6.07, 6.45) is 2.44. The Kier molecular flexibility index (Phi) is 3.71. The second-order valence-corrected chi connectivity index (χ2v) is 5.45. The standard InChI is InChI=1S/C15H20FN3/c1-11(2)19-9-8-12(18-19)10-15(3,17)13-6-4-5-7-14(13)16/h4-9,11H,10,17H2,1-3H3. The van der Waals surface area contributed by atoms with Gasteiger partial charge in [-0.3, -0.25) is 4.68 Å². The summed E-state index contributed by atoms with van der Waals surface area (Å²) in [4.78, 5) is 0. The average Bonchev–Trinajstić information content (AvgIpc) is 2.77. The fourth-order valence-corrected chi connectivity index (χ4v) is 2.16. The highest BCUT2D eigenvalue weighted by molar-refractivity contribution is 5.26. The average molecular weight is 261 g/mol. The van der Waals surface area contributed by atoms with Gasteiger partial charge in [0.2, 0.25) is 0 Å². The van der Waals surface area contributed by atoms with Crippen molar-refractivity contribution in [3.8, 4) is 0 Å². The lowest BCUT2D eigenvalue weighted by Gasteiger charge is -2.24. The highest BCUT2D eigenvalue weighted by atomic mass is 19.1. The zero-order valence-corrected chi connectivity index (χ0v) is 11.6. The third-order valence-corrected chi connectivity index (χ3v) is 3.23. The maximum atomic E-state index is 13.8. The predicted octanol–water partition coefficient (Wildman–Crippen LogP) is 3.02. The number of nitrogens with zero attached hydrogens (tertiary/aromatic N) is 2. The molecule has 0 radical (unpaired) electrons. The largest absolute Gasteiger partial charge is 0.321 e. The van der Waals surface area contributed by atoms with E-state index in [1.807, 2.05) is 23.9 Å². The topological polar surface area (TPSA) is 43.8 Å². The molecule has 0 bridgehead atoms. The van der Waals surface area contributed by atoms with E-state index in [-0.39, 0.29) is 5.82 Å². The van der Waals surface area contributed by atoms with Crippen LogP contribution < -0.4 is 5.73 Å². The van der Waals surface area contributed by atoms with E-state index in [1.54, 1.807) is 18.2 Å². The van der Waals surface area contributed by atoms with Gasteiger partial charge in [-0.2, -0.15) is 5.10 Å². The van der Waals surface area contributed by atoms with Gasteiger partial charge in [-0.25, -0.2) is 4.39 Å². The molecule has 0 saturated heterocycles. The number of aromatic nitrogens is 2. The summed E-state index contributed by atoms with van der Waals surface area (Å²) < 4.78 is 15.7. The normalized spacial score (nSPS) is 14.6. The fraction of sp³-hybridized carbons (Fsp3) is 0.400. The summed E-state index contributed by atoms with van der Waals surface area (Å²) in [7, 11) is 0. The molecule has 2 rings (SSSR count). The molecule has 0 amide bonds. The van der Waals surface area contributed by atoms with Gasteiger partial charge in [0.25, 0.3) is 0 Å². The minimum Gasteiger partial charge on any atom is -0.321 e. The number of rotatable bonds is 4. The Labute approximate surface area is 113 Å². The first-order valence-electron chi connectivity index (χ1n) is 6.48. The Morgan fingerprint density at radius 3 is 2.58 bits per heavy atom. The van der Waals surface area contributed by atoms with Crippen LogP contribution in [-0.2, 0) is 12.0 Å². The summed E-state index contributed by atoms with van der Waals surface area (Å²) in [5.41, 5.74) is 6.90. The molecule has 0 saturated carbocycles. The molecule has 1 heterocycles. The summed E-state index contributed by atoms with van der Waals surface area (Å²) in [5, 5.41) is 4.46. The maximum absolute atomic E-state index is 13.8. The lowest BCUT2D eigenvalue weighted by atomic mass is 9.88. The molecule has 1 aromatic heterocycles. The first-order valence-corrected chi connectivity index (χ1v) is 6.48. The summed E-state index contributed by atoms with van der Waals surface area (Å²) in [6, 6.07) is 8.89. The summed E-state index contributed by atoms with van der Waals surface area (Å²) in [6.45, 7) is 5.96. The van der Waals surface area contributed by atoms with Crippen molar-refractivity contribution >= 4 is 0 Å². The van der Waals surface area contributed by atoms with E-state index in [0.29, 0.717) is 18.0 Å². The molecule has 2 aromatic rings. The lowest BCUT2D eigenvalue weighted by Crippen LogP contribution is -2.36. The molecular formula is C15H20FN3. The van der Waals surface area contributed by atoms with Crippen molar-refractivity contribution in [2.24, 2.45) is 5.73 Å². The zero-order valence-electron chi connectivity index (χ0n) is 11.6. The van der Waals surface area contributed by atoms with Gasteiger partial charge in [-0.15, -0.1) is 0 Å². The van der Waals surface area contributed by atoms with Crippen molar-refractivity contribution in [3.05, 3.63) is 53.6 Å². The molecule has 1 aromatic carbocycles. The molecule has 0 aliphatic rings. The van der Waals surface area contributed by atoms with Crippen molar-refractivity contribution in [2.75, 3.05) is 0 Å². The van der Waals surface area contributed by atoms with E-state index in [0.717, 1.165) is 5.69 Å². The van der Waals surface area contributed by atoms with Crippen LogP contribution in [-0.4, -0.2) is 9.78 Å². The Hall–Kier alpha value is -1.68. The Balaban J connectivity index is 2.23. The van der Waals surface area contributed by atoms with E-state index >= 15 is 0 Å². The maximum Gasteiger partial charge on any atom is 0.128 e. The Morgan fingerprint density at radius 2 is 2.00 bits per heavy atom. The SMILES string of the molecule is CC(C)n1ccc(CC(C)(N)c2ccccc2F)n1. The quantitative estimate of drug-likeness (QED) is 0.919. The highest BCUT2D eigenvalue weighted by Gasteiger charge is 2.26. The number of halogens is 1. The fourth-order valence-electron chi connectivity index (χ4n) is 2.16. The van der Waals surface area contributed by atoms with Gasteiger partial charge in [-0.1, -0.05) is 18.2 Å². The smallest absolute Gasteiger partial charge is 0.128 e. The van der Waals surface area contributed by atoms with E-state index < -0.39 is 5.54 Å². The van der Waals surface area contributed by atoms with Crippen molar-refractivity contribution in [1.82, 2.24) is 9.78 Å². The molecular weight excluding hydrogens is 241 g/mol. The third-order valence-electron chi connectivity index (χ3n) is 3.23. The first-order chi connectivity index (χ1) is 8.90. The van der Waals surface area contributed by atoms with Crippen LogP contribution in [0, 0.1) is 5.82 Å². The molecule has 1 atom stereocenters. The minimum absolute atomic E-state index is 0.268. The van der Waals surface area contributed by atoms with Gasteiger partial charge in [0.05, 0.1) is 5.69 Å². The second-order valence-electron chi connectivity index (χ2n) is 5.45. The van der Waals surface area contributed by atoms with Gasteiger partial charge >= 0.3 is 0 Å². The molecule has 2 N–H and O–H groups in total. The highest BCUT2D eigenvalue weighted by Crippen LogP contribution is 2.24. The van der Waals surface area contributed by atoms with Crippen LogP contribution in [0.1, 0.15) is 38.1 Å². The molecule has 1 unspecified atom stereocenters. The third kappa shape index (κ3) is 3.01. The number of benzene rings is 1. The second kappa shape index (κ2) is 5.13. The lowest BCUT2D eigenvalue weighted by molar-refractivity contribution is 0.444. The Morgan fingerprint density at radius 1 is 1.32 bits per heavy atom. The van der Waals surface area contributed by atoms with Gasteiger partial charge in [0.15, 0.2) is 0 Å². The van der Waals surface area contributed by atoms with Crippen molar-refractivity contribution in [2.45, 2.75) is 38.8 Å². The van der Waals surface area contributed by atoms with Gasteiger partial charge in [0.1, 0.15) is 5.82 Å². The van der Waals surface area contributed by atoms with Crippen LogP contribution in [0.3, 0.4) is 0 Å². The van der Waals surface area contributed by atoms with Gasteiger partial charge < -0.3 is 5.73 Å². The minimum atomic E-state index is -0.762. The van der Waals surface area contributed by atoms with E-state index in [2.05, 4.69) is 18.9 Å². The van der Waals surface area contributed by atoms with Crippen molar-refractivity contribution in [1.29, 1.82) is 0 Å². The molecule has 0 aliphatic heterocycles. The van der Waals surface area contributed by atoms with Crippen LogP contribution in [0.5, 0.6) is 0 Å². The van der Waals surface area contributed by atoms with Crippen LogP contribution in [0.15, 0.2) is 36.5 Å². The molecule has 0 fully saturated rings.